The third-order valence-corrected chi connectivity index (χ3v) is 5.16. The fourth-order valence-electron chi connectivity index (χ4n) is 3.12. The van der Waals surface area contributed by atoms with Crippen LogP contribution in [0.4, 0.5) is 11.4 Å². The fourth-order valence-corrected chi connectivity index (χ4v) is 3.12. The largest absolute Gasteiger partial charge is 0.454 e. The molecule has 0 fully saturated rings. The molecule has 174 valence electrons. The van der Waals surface area contributed by atoms with E-state index in [0.29, 0.717) is 16.9 Å². The summed E-state index contributed by atoms with van der Waals surface area (Å²) in [5.74, 6) is -1.83. The summed E-state index contributed by atoms with van der Waals surface area (Å²) in [4.78, 5) is 51.4. The summed E-state index contributed by atoms with van der Waals surface area (Å²) >= 11 is 0. The van der Waals surface area contributed by atoms with E-state index in [1.807, 2.05) is 18.2 Å². The number of amides is 2. The number of esters is 1. The quantitative estimate of drug-likeness (QED) is 0.393. The van der Waals surface area contributed by atoms with Crippen LogP contribution in [0.25, 0.3) is 0 Å². The average Bonchev–Trinajstić information content (AvgIpc) is 2.87. The molecular formula is C27H26N2O5. The first kappa shape index (κ1) is 24.4. The van der Waals surface area contributed by atoms with E-state index < -0.39 is 18.4 Å². The van der Waals surface area contributed by atoms with Crippen LogP contribution in [0.15, 0.2) is 78.9 Å². The van der Waals surface area contributed by atoms with Gasteiger partial charge in [-0.15, -0.1) is 0 Å². The Bertz CT molecular complexity index is 1190. The highest BCUT2D eigenvalue weighted by Crippen LogP contribution is 2.18. The third-order valence-electron chi connectivity index (χ3n) is 5.16. The molecule has 3 rings (SSSR count). The topological polar surface area (TPSA) is 92.8 Å². The van der Waals surface area contributed by atoms with Crippen LogP contribution in [-0.4, -0.2) is 37.2 Å². The van der Waals surface area contributed by atoms with Crippen molar-refractivity contribution in [3.05, 3.63) is 95.6 Å². The zero-order valence-electron chi connectivity index (χ0n) is 19.3. The molecule has 0 bridgehead atoms. The standard InChI is InChI=1S/C27H26N2O5/c1-18(2)25(31)28-20-15-13-19(14-16-20)24(30)17-34-27(33)23-12-8-7-11-22(23)26(32)29(3)21-9-5-4-6-10-21/h4-16,18H,17H2,1-3H3,(H,28,31). The maximum Gasteiger partial charge on any atom is 0.339 e. The van der Waals surface area contributed by atoms with Gasteiger partial charge in [0, 0.05) is 29.9 Å². The number of Topliss-reactive ketones (excluding diaryl/α,β-unsaturated/α-hetero) is 1. The summed E-state index contributed by atoms with van der Waals surface area (Å²) in [6, 6.07) is 21.7. The zero-order chi connectivity index (χ0) is 24.7. The van der Waals surface area contributed by atoms with Gasteiger partial charge in [-0.2, -0.15) is 0 Å². The smallest absolute Gasteiger partial charge is 0.339 e. The molecule has 2 amide bonds. The Labute approximate surface area is 198 Å². The number of para-hydroxylation sites is 1. The van der Waals surface area contributed by atoms with E-state index in [0.717, 1.165) is 0 Å². The van der Waals surface area contributed by atoms with E-state index in [1.54, 1.807) is 75.5 Å². The molecule has 3 aromatic rings. The van der Waals surface area contributed by atoms with Gasteiger partial charge in [0.1, 0.15) is 0 Å². The van der Waals surface area contributed by atoms with Crippen LogP contribution in [0.2, 0.25) is 0 Å². The molecule has 0 spiro atoms. The Hall–Kier alpha value is -4.26. The first-order chi connectivity index (χ1) is 16.3. The van der Waals surface area contributed by atoms with Gasteiger partial charge in [-0.05, 0) is 48.5 Å². The number of nitrogens with one attached hydrogen (secondary N) is 1. The molecule has 0 aliphatic rings. The second-order valence-corrected chi connectivity index (χ2v) is 7.97. The Kier molecular flexibility index (Phi) is 7.92. The van der Waals surface area contributed by atoms with Gasteiger partial charge >= 0.3 is 5.97 Å². The molecule has 3 aromatic carbocycles. The van der Waals surface area contributed by atoms with Crippen LogP contribution < -0.4 is 10.2 Å². The number of carbonyl (C=O) groups excluding carboxylic acids is 4. The first-order valence-electron chi connectivity index (χ1n) is 10.8. The number of nitrogens with zero attached hydrogens (tertiary/aromatic N) is 1. The lowest BCUT2D eigenvalue weighted by molar-refractivity contribution is -0.118. The zero-order valence-corrected chi connectivity index (χ0v) is 19.3. The Morgan fingerprint density at radius 2 is 1.41 bits per heavy atom. The molecule has 1 N–H and O–H groups in total. The lowest BCUT2D eigenvalue weighted by Crippen LogP contribution is -2.28. The van der Waals surface area contributed by atoms with E-state index in [-0.39, 0.29) is 28.9 Å². The highest BCUT2D eigenvalue weighted by Gasteiger charge is 2.22. The maximum absolute atomic E-state index is 13.0. The minimum atomic E-state index is -0.764. The van der Waals surface area contributed by atoms with Crippen molar-refractivity contribution in [2.24, 2.45) is 5.92 Å². The van der Waals surface area contributed by atoms with E-state index in [2.05, 4.69) is 5.32 Å². The second kappa shape index (κ2) is 11.0. The molecule has 0 saturated heterocycles. The molecule has 0 radical (unpaired) electrons. The normalized spacial score (nSPS) is 10.5. The predicted molar refractivity (Wildman–Crippen MR) is 130 cm³/mol. The van der Waals surface area contributed by atoms with Gasteiger partial charge in [0.15, 0.2) is 12.4 Å². The lowest BCUT2D eigenvalue weighted by Gasteiger charge is -2.18. The van der Waals surface area contributed by atoms with Crippen molar-refractivity contribution in [1.82, 2.24) is 0 Å². The number of anilines is 2. The van der Waals surface area contributed by atoms with Crippen molar-refractivity contribution in [3.63, 3.8) is 0 Å². The van der Waals surface area contributed by atoms with Crippen molar-refractivity contribution in [3.8, 4) is 0 Å². The van der Waals surface area contributed by atoms with Crippen molar-refractivity contribution in [2.75, 3.05) is 23.9 Å². The number of carbonyl (C=O) groups is 4. The van der Waals surface area contributed by atoms with E-state index >= 15 is 0 Å². The van der Waals surface area contributed by atoms with Gasteiger partial charge in [0.2, 0.25) is 5.91 Å². The van der Waals surface area contributed by atoms with Gasteiger partial charge in [0.25, 0.3) is 5.91 Å². The molecule has 0 atom stereocenters. The second-order valence-electron chi connectivity index (χ2n) is 7.97. The van der Waals surface area contributed by atoms with Crippen molar-refractivity contribution in [1.29, 1.82) is 0 Å². The monoisotopic (exact) mass is 458 g/mol. The fraction of sp³-hybridized carbons (Fsp3) is 0.185. The molecule has 0 unspecified atom stereocenters. The summed E-state index contributed by atoms with van der Waals surface area (Å²) < 4.78 is 5.22. The summed E-state index contributed by atoms with van der Waals surface area (Å²) in [6.45, 7) is 3.09. The molecule has 34 heavy (non-hydrogen) atoms. The highest BCUT2D eigenvalue weighted by molar-refractivity contribution is 6.12. The Balaban J connectivity index is 1.66. The minimum absolute atomic E-state index is 0.0785. The van der Waals surface area contributed by atoms with Crippen molar-refractivity contribution >= 4 is 34.9 Å². The van der Waals surface area contributed by atoms with Gasteiger partial charge in [-0.3, -0.25) is 14.4 Å². The van der Waals surface area contributed by atoms with Crippen molar-refractivity contribution < 1.29 is 23.9 Å². The van der Waals surface area contributed by atoms with Crippen LogP contribution >= 0.6 is 0 Å². The number of rotatable bonds is 8. The summed E-state index contributed by atoms with van der Waals surface area (Å²) in [5, 5.41) is 2.75. The minimum Gasteiger partial charge on any atom is -0.454 e. The summed E-state index contributed by atoms with van der Waals surface area (Å²) in [7, 11) is 1.62. The summed E-state index contributed by atoms with van der Waals surface area (Å²) in [6.07, 6.45) is 0. The molecule has 0 heterocycles. The van der Waals surface area contributed by atoms with Crippen LogP contribution in [0.3, 0.4) is 0 Å². The lowest BCUT2D eigenvalue weighted by atomic mass is 10.1. The average molecular weight is 459 g/mol. The number of benzene rings is 3. The first-order valence-corrected chi connectivity index (χ1v) is 10.8. The number of hydrogen-bond donors (Lipinski definition) is 1. The van der Waals surface area contributed by atoms with Gasteiger partial charge in [0.05, 0.1) is 11.1 Å². The van der Waals surface area contributed by atoms with Crippen molar-refractivity contribution in [2.45, 2.75) is 13.8 Å². The molecule has 0 aromatic heterocycles. The van der Waals surface area contributed by atoms with Gasteiger partial charge < -0.3 is 15.0 Å². The van der Waals surface area contributed by atoms with Crippen LogP contribution in [-0.2, 0) is 9.53 Å². The predicted octanol–water partition coefficient (Wildman–Crippen LogP) is 4.60. The van der Waals surface area contributed by atoms with E-state index in [4.69, 9.17) is 4.74 Å². The van der Waals surface area contributed by atoms with Gasteiger partial charge in [-0.1, -0.05) is 44.2 Å². The number of ether oxygens (including phenoxy) is 1. The van der Waals surface area contributed by atoms with Crippen LogP contribution in [0.1, 0.15) is 44.9 Å². The molecule has 0 aliphatic heterocycles. The van der Waals surface area contributed by atoms with E-state index in [1.165, 1.54) is 11.0 Å². The van der Waals surface area contributed by atoms with Gasteiger partial charge in [-0.25, -0.2) is 4.79 Å². The molecule has 0 aliphatic carbocycles. The summed E-state index contributed by atoms with van der Waals surface area (Å²) in [5.41, 5.74) is 1.84. The molecule has 7 nitrogen and oxygen atoms in total. The number of ketones is 1. The third kappa shape index (κ3) is 5.95. The van der Waals surface area contributed by atoms with Crippen LogP contribution in [0.5, 0.6) is 0 Å². The molecule has 0 saturated carbocycles. The Morgan fingerprint density at radius 1 is 0.824 bits per heavy atom. The molecular weight excluding hydrogens is 432 g/mol. The van der Waals surface area contributed by atoms with Crippen LogP contribution in [0, 0.1) is 5.92 Å². The molecule has 7 heteroatoms. The SMILES string of the molecule is CC(C)C(=O)Nc1ccc(C(=O)COC(=O)c2ccccc2C(=O)N(C)c2ccccc2)cc1. The highest BCUT2D eigenvalue weighted by atomic mass is 16.5. The van der Waals surface area contributed by atoms with E-state index in [9.17, 15) is 19.2 Å². The Morgan fingerprint density at radius 3 is 2.03 bits per heavy atom. The maximum atomic E-state index is 13.0. The number of hydrogen-bond acceptors (Lipinski definition) is 5.